The Bertz CT molecular complexity index is 606. The largest absolute Gasteiger partial charge is 0.0613 e. The molecule has 0 aliphatic carbocycles. The molecule has 0 N–H and O–H groups in total. The topological polar surface area (TPSA) is 0 Å². The lowest BCUT2D eigenvalue weighted by atomic mass is 9.93. The molecule has 20 heavy (non-hydrogen) atoms. The molecule has 0 atom stereocenters. The summed E-state index contributed by atoms with van der Waals surface area (Å²) in [5, 5.41) is 0. The van der Waals surface area contributed by atoms with E-state index in [1.165, 1.54) is 38.9 Å². The second kappa shape index (κ2) is 6.26. The van der Waals surface area contributed by atoms with E-state index in [1.807, 2.05) is 0 Å². The monoisotopic (exact) mass is 266 g/mol. The number of rotatable bonds is 4. The fraction of sp³-hybridized carbons (Fsp3) is 0.400. The molecule has 2 aromatic rings. The Morgan fingerprint density at radius 3 is 2.00 bits per heavy atom. The Balaban J connectivity index is 2.32. The first kappa shape index (κ1) is 14.8. The number of hydrogen-bond donors (Lipinski definition) is 0. The van der Waals surface area contributed by atoms with E-state index in [-0.39, 0.29) is 0 Å². The highest BCUT2D eigenvalue weighted by molar-refractivity contribution is 5.41. The van der Waals surface area contributed by atoms with Crippen LogP contribution in [0.3, 0.4) is 0 Å². The number of benzene rings is 2. The minimum absolute atomic E-state index is 1.04. The predicted molar refractivity (Wildman–Crippen MR) is 88.7 cm³/mol. The first-order valence-electron chi connectivity index (χ1n) is 7.72. The van der Waals surface area contributed by atoms with Crippen molar-refractivity contribution in [1.29, 1.82) is 0 Å². The Morgan fingerprint density at radius 2 is 1.35 bits per heavy atom. The summed E-state index contributed by atoms with van der Waals surface area (Å²) in [5.41, 5.74) is 10.1. The van der Waals surface area contributed by atoms with Gasteiger partial charge in [0.1, 0.15) is 0 Å². The van der Waals surface area contributed by atoms with Gasteiger partial charge in [0, 0.05) is 0 Å². The average molecular weight is 266 g/mol. The molecule has 0 heteroatoms. The van der Waals surface area contributed by atoms with Gasteiger partial charge < -0.3 is 0 Å². The van der Waals surface area contributed by atoms with Crippen molar-refractivity contribution in [3.05, 3.63) is 69.3 Å². The van der Waals surface area contributed by atoms with E-state index in [4.69, 9.17) is 0 Å². The maximum absolute atomic E-state index is 2.38. The van der Waals surface area contributed by atoms with Gasteiger partial charge in [-0.2, -0.15) is 0 Å². The molecule has 0 aliphatic heterocycles. The Morgan fingerprint density at radius 1 is 0.700 bits per heavy atom. The molecule has 0 aromatic heterocycles. The summed E-state index contributed by atoms with van der Waals surface area (Å²) in [5.74, 6) is 0. The van der Waals surface area contributed by atoms with Crippen LogP contribution in [0.15, 0.2) is 30.3 Å². The lowest BCUT2D eigenvalue weighted by molar-refractivity contribution is 1.05. The average Bonchev–Trinajstić information content (AvgIpc) is 2.44. The first-order valence-corrected chi connectivity index (χ1v) is 7.72. The molecule has 0 fully saturated rings. The summed E-state index contributed by atoms with van der Waals surface area (Å²) in [4.78, 5) is 0. The molecule has 0 amide bonds. The molecule has 2 rings (SSSR count). The van der Waals surface area contributed by atoms with Crippen LogP contribution in [0.2, 0.25) is 0 Å². The van der Waals surface area contributed by atoms with Crippen LogP contribution >= 0.6 is 0 Å². The molecule has 0 nitrogen and oxygen atoms in total. The Labute approximate surface area is 123 Å². The van der Waals surface area contributed by atoms with Crippen molar-refractivity contribution < 1.29 is 0 Å². The highest BCUT2D eigenvalue weighted by atomic mass is 14.1. The number of hydrogen-bond acceptors (Lipinski definition) is 0. The van der Waals surface area contributed by atoms with Gasteiger partial charge in [-0.05, 0) is 79.0 Å². The van der Waals surface area contributed by atoms with Crippen LogP contribution in [0, 0.1) is 20.8 Å². The quantitative estimate of drug-likeness (QED) is 0.702. The molecule has 0 spiro atoms. The van der Waals surface area contributed by atoms with Crippen molar-refractivity contribution in [1.82, 2.24) is 0 Å². The van der Waals surface area contributed by atoms with Crippen LogP contribution in [0.5, 0.6) is 0 Å². The molecule has 0 saturated heterocycles. The van der Waals surface area contributed by atoms with Crippen LogP contribution in [0.1, 0.15) is 52.8 Å². The van der Waals surface area contributed by atoms with Gasteiger partial charge in [0.05, 0.1) is 0 Å². The zero-order chi connectivity index (χ0) is 14.7. The summed E-state index contributed by atoms with van der Waals surface area (Å²) >= 11 is 0. The number of aryl methyl sites for hydroxylation is 4. The van der Waals surface area contributed by atoms with Gasteiger partial charge in [-0.1, -0.05) is 44.2 Å². The van der Waals surface area contributed by atoms with Gasteiger partial charge in [-0.15, -0.1) is 0 Å². The van der Waals surface area contributed by atoms with E-state index in [0.717, 1.165) is 19.3 Å². The van der Waals surface area contributed by atoms with E-state index in [0.29, 0.717) is 0 Å². The van der Waals surface area contributed by atoms with Gasteiger partial charge in [-0.3, -0.25) is 0 Å². The molecule has 0 saturated carbocycles. The molecule has 0 heterocycles. The van der Waals surface area contributed by atoms with E-state index in [9.17, 15) is 0 Å². The summed E-state index contributed by atoms with van der Waals surface area (Å²) in [6, 6.07) is 11.6. The van der Waals surface area contributed by atoms with Crippen molar-refractivity contribution in [2.75, 3.05) is 0 Å². The van der Waals surface area contributed by atoms with Gasteiger partial charge in [0.2, 0.25) is 0 Å². The maximum Gasteiger partial charge on any atom is -0.00255 e. The van der Waals surface area contributed by atoms with Crippen LogP contribution in [-0.2, 0) is 19.3 Å². The molecule has 2 aromatic carbocycles. The van der Waals surface area contributed by atoms with E-state index in [1.54, 1.807) is 0 Å². The smallest absolute Gasteiger partial charge is 0.00255 e. The molecule has 0 radical (unpaired) electrons. The Hall–Kier alpha value is -1.56. The lowest BCUT2D eigenvalue weighted by Crippen LogP contribution is -1.97. The molecule has 0 bridgehead atoms. The normalized spacial score (nSPS) is 10.8. The zero-order valence-electron chi connectivity index (χ0n) is 13.5. The minimum Gasteiger partial charge on any atom is -0.0613 e. The van der Waals surface area contributed by atoms with Gasteiger partial charge in [-0.25, -0.2) is 0 Å². The third-order valence-corrected chi connectivity index (χ3v) is 4.42. The van der Waals surface area contributed by atoms with E-state index >= 15 is 0 Å². The molecule has 0 unspecified atom stereocenters. The van der Waals surface area contributed by atoms with Crippen molar-refractivity contribution in [2.24, 2.45) is 0 Å². The lowest BCUT2D eigenvalue weighted by Gasteiger charge is -2.12. The van der Waals surface area contributed by atoms with Gasteiger partial charge in [0.15, 0.2) is 0 Å². The Kier molecular flexibility index (Phi) is 4.65. The summed E-state index contributed by atoms with van der Waals surface area (Å²) in [7, 11) is 0. The summed E-state index contributed by atoms with van der Waals surface area (Å²) in [6.45, 7) is 11.1. The van der Waals surface area contributed by atoms with Gasteiger partial charge in [0.25, 0.3) is 0 Å². The van der Waals surface area contributed by atoms with Crippen molar-refractivity contribution >= 4 is 0 Å². The first-order chi connectivity index (χ1) is 9.55. The third-order valence-electron chi connectivity index (χ3n) is 4.42. The fourth-order valence-corrected chi connectivity index (χ4v) is 2.93. The minimum atomic E-state index is 1.04. The van der Waals surface area contributed by atoms with Crippen LogP contribution in [-0.4, -0.2) is 0 Å². The van der Waals surface area contributed by atoms with Crippen LogP contribution in [0.25, 0.3) is 0 Å². The van der Waals surface area contributed by atoms with Crippen LogP contribution in [0.4, 0.5) is 0 Å². The van der Waals surface area contributed by atoms with Crippen molar-refractivity contribution in [2.45, 2.75) is 53.9 Å². The molecular weight excluding hydrogens is 240 g/mol. The van der Waals surface area contributed by atoms with E-state index in [2.05, 4.69) is 65.0 Å². The summed E-state index contributed by atoms with van der Waals surface area (Å²) < 4.78 is 0. The standard InChI is InChI=1S/C20H26/c1-6-19-12-17(9-8-14(19)3)11-18-10-15(4)16(5)20(7-2)13-18/h8-10,12-13H,6-7,11H2,1-5H3. The van der Waals surface area contributed by atoms with Crippen molar-refractivity contribution in [3.8, 4) is 0 Å². The van der Waals surface area contributed by atoms with E-state index < -0.39 is 0 Å². The molecule has 106 valence electrons. The maximum atomic E-state index is 2.38. The molecular formula is C20H26. The summed E-state index contributed by atoms with van der Waals surface area (Å²) in [6.07, 6.45) is 3.28. The van der Waals surface area contributed by atoms with Crippen LogP contribution < -0.4 is 0 Å². The highest BCUT2D eigenvalue weighted by Gasteiger charge is 2.05. The molecule has 0 aliphatic rings. The second-order valence-corrected chi connectivity index (χ2v) is 5.84. The zero-order valence-corrected chi connectivity index (χ0v) is 13.5. The van der Waals surface area contributed by atoms with Gasteiger partial charge >= 0.3 is 0 Å². The predicted octanol–water partition coefficient (Wildman–Crippen LogP) is 5.33. The SMILES string of the molecule is CCc1cc(Cc2cc(C)c(C)c(CC)c2)ccc1C. The highest BCUT2D eigenvalue weighted by Crippen LogP contribution is 2.21. The fourth-order valence-electron chi connectivity index (χ4n) is 2.93. The second-order valence-electron chi connectivity index (χ2n) is 5.84. The van der Waals surface area contributed by atoms with Crippen molar-refractivity contribution in [3.63, 3.8) is 0 Å². The third kappa shape index (κ3) is 3.12.